The summed E-state index contributed by atoms with van der Waals surface area (Å²) in [5.41, 5.74) is 1.19. The third-order valence-corrected chi connectivity index (χ3v) is 5.14. The molecule has 0 N–H and O–H groups in total. The molecule has 1 aliphatic rings. The number of nitrogens with zero attached hydrogens (tertiary/aromatic N) is 3. The van der Waals surface area contributed by atoms with Gasteiger partial charge >= 0.3 is 0 Å². The molecule has 0 bridgehead atoms. The maximum absolute atomic E-state index is 12.6. The van der Waals surface area contributed by atoms with Crippen molar-refractivity contribution in [3.8, 4) is 5.75 Å². The summed E-state index contributed by atoms with van der Waals surface area (Å²) in [6, 6.07) is 7.95. The van der Waals surface area contributed by atoms with E-state index >= 15 is 0 Å². The number of rotatable bonds is 11. The van der Waals surface area contributed by atoms with Gasteiger partial charge in [-0.15, -0.1) is 10.2 Å². The number of hydrogen-bond donors (Lipinski definition) is 0. The topological polar surface area (TPSA) is 77.7 Å². The smallest absolute Gasteiger partial charge is 0.223 e. The Morgan fingerprint density at radius 1 is 1.17 bits per heavy atom. The van der Waals surface area contributed by atoms with Crippen molar-refractivity contribution in [2.75, 3.05) is 26.8 Å². The second-order valence-corrected chi connectivity index (χ2v) is 7.41. The minimum Gasteiger partial charge on any atom is -0.497 e. The van der Waals surface area contributed by atoms with Crippen molar-refractivity contribution < 1.29 is 18.7 Å². The molecular formula is C22H31N3O4. The number of hydrogen-bond acceptors (Lipinski definition) is 6. The van der Waals surface area contributed by atoms with Crippen molar-refractivity contribution in [3.63, 3.8) is 0 Å². The van der Waals surface area contributed by atoms with Gasteiger partial charge in [0.2, 0.25) is 17.7 Å². The van der Waals surface area contributed by atoms with Gasteiger partial charge in [0.25, 0.3) is 0 Å². The highest BCUT2D eigenvalue weighted by Gasteiger charge is 2.22. The Balaban J connectivity index is 1.45. The fourth-order valence-corrected chi connectivity index (χ4v) is 3.53. The minimum atomic E-state index is 0.125. The molecule has 7 heteroatoms. The van der Waals surface area contributed by atoms with Crippen LogP contribution < -0.4 is 4.74 Å². The molecule has 1 fully saturated rings. The third-order valence-electron chi connectivity index (χ3n) is 5.14. The molecule has 1 amide bonds. The SMILES string of the molecule is CCCN(C[C@H]1CCCO1)C(=O)CCc1nnc(CCc2ccc(OC)cc2)o1. The zero-order valence-corrected chi connectivity index (χ0v) is 17.4. The van der Waals surface area contributed by atoms with Crippen LogP contribution in [0.25, 0.3) is 0 Å². The van der Waals surface area contributed by atoms with Crippen molar-refractivity contribution in [2.24, 2.45) is 0 Å². The van der Waals surface area contributed by atoms with E-state index in [1.807, 2.05) is 29.2 Å². The molecule has 1 aromatic heterocycles. The first-order chi connectivity index (χ1) is 14.2. The molecule has 3 rings (SSSR count). The fourth-order valence-electron chi connectivity index (χ4n) is 3.53. The van der Waals surface area contributed by atoms with Crippen LogP contribution in [0.5, 0.6) is 5.75 Å². The molecule has 0 spiro atoms. The molecule has 7 nitrogen and oxygen atoms in total. The van der Waals surface area contributed by atoms with E-state index in [-0.39, 0.29) is 12.0 Å². The van der Waals surface area contributed by atoms with Gasteiger partial charge in [-0.1, -0.05) is 19.1 Å². The summed E-state index contributed by atoms with van der Waals surface area (Å²) < 4.78 is 16.6. The second-order valence-electron chi connectivity index (χ2n) is 7.41. The van der Waals surface area contributed by atoms with Gasteiger partial charge in [-0.05, 0) is 43.4 Å². The Morgan fingerprint density at radius 2 is 1.93 bits per heavy atom. The zero-order chi connectivity index (χ0) is 20.5. The molecule has 1 aromatic carbocycles. The van der Waals surface area contributed by atoms with Crippen LogP contribution in [-0.4, -0.2) is 53.9 Å². The predicted octanol–water partition coefficient (Wildman–Crippen LogP) is 3.21. The molecule has 158 valence electrons. The van der Waals surface area contributed by atoms with E-state index in [2.05, 4.69) is 17.1 Å². The Morgan fingerprint density at radius 3 is 2.59 bits per heavy atom. The number of carbonyl (C=O) groups excluding carboxylic acids is 1. The normalized spacial score (nSPS) is 16.1. The van der Waals surface area contributed by atoms with E-state index in [0.29, 0.717) is 37.6 Å². The van der Waals surface area contributed by atoms with Crippen LogP contribution in [0.4, 0.5) is 0 Å². The summed E-state index contributed by atoms with van der Waals surface area (Å²) in [5.74, 6) is 2.10. The van der Waals surface area contributed by atoms with Gasteiger partial charge in [-0.2, -0.15) is 0 Å². The summed E-state index contributed by atoms with van der Waals surface area (Å²) in [4.78, 5) is 14.5. The van der Waals surface area contributed by atoms with E-state index in [1.165, 1.54) is 5.56 Å². The molecule has 2 aromatic rings. The number of aromatic nitrogens is 2. The summed E-state index contributed by atoms with van der Waals surface area (Å²) in [7, 11) is 1.66. The van der Waals surface area contributed by atoms with Gasteiger partial charge in [0, 0.05) is 39.0 Å². The highest BCUT2D eigenvalue weighted by Crippen LogP contribution is 2.16. The molecule has 1 saturated heterocycles. The van der Waals surface area contributed by atoms with E-state index in [1.54, 1.807) is 7.11 Å². The van der Waals surface area contributed by atoms with E-state index in [4.69, 9.17) is 13.9 Å². The van der Waals surface area contributed by atoms with Gasteiger partial charge in [-0.25, -0.2) is 0 Å². The Kier molecular flexibility index (Phi) is 8.04. The Labute approximate surface area is 172 Å². The maximum Gasteiger partial charge on any atom is 0.223 e. The second kappa shape index (κ2) is 11.0. The van der Waals surface area contributed by atoms with Crippen LogP contribution in [0.2, 0.25) is 0 Å². The number of methoxy groups -OCH3 is 1. The number of benzene rings is 1. The van der Waals surface area contributed by atoms with Crippen LogP contribution in [0.1, 0.15) is 50.0 Å². The number of amides is 1. The van der Waals surface area contributed by atoms with Crippen LogP contribution in [0.3, 0.4) is 0 Å². The molecule has 2 heterocycles. The average Bonchev–Trinajstić information content (AvgIpc) is 3.42. The molecule has 0 saturated carbocycles. The Bertz CT molecular complexity index is 754. The third kappa shape index (κ3) is 6.56. The van der Waals surface area contributed by atoms with Gasteiger partial charge in [-0.3, -0.25) is 4.79 Å². The molecule has 1 atom stereocenters. The standard InChI is InChI=1S/C22H31N3O4/c1-3-14-25(16-19-5-4-15-28-19)22(26)13-12-21-24-23-20(29-21)11-8-17-6-9-18(27-2)10-7-17/h6-7,9-10,19H,3-5,8,11-16H2,1-2H3/t19-/m1/s1. The van der Waals surface area contributed by atoms with Gasteiger partial charge in [0.05, 0.1) is 13.2 Å². The highest BCUT2D eigenvalue weighted by atomic mass is 16.5. The van der Waals surface area contributed by atoms with Crippen LogP contribution in [0, 0.1) is 0 Å². The van der Waals surface area contributed by atoms with Crippen LogP contribution in [-0.2, 0) is 28.8 Å². The summed E-state index contributed by atoms with van der Waals surface area (Å²) >= 11 is 0. The van der Waals surface area contributed by atoms with E-state index in [0.717, 1.165) is 44.6 Å². The van der Waals surface area contributed by atoms with Crippen LogP contribution in [0.15, 0.2) is 28.7 Å². The monoisotopic (exact) mass is 401 g/mol. The van der Waals surface area contributed by atoms with E-state index in [9.17, 15) is 4.79 Å². The lowest BCUT2D eigenvalue weighted by molar-refractivity contribution is -0.132. The quantitative estimate of drug-likeness (QED) is 0.575. The molecule has 0 radical (unpaired) electrons. The summed E-state index contributed by atoms with van der Waals surface area (Å²) in [5, 5.41) is 8.23. The van der Waals surface area contributed by atoms with E-state index < -0.39 is 0 Å². The fraction of sp³-hybridized carbons (Fsp3) is 0.591. The first kappa shape index (κ1) is 21.3. The Hall–Kier alpha value is -2.41. The van der Waals surface area contributed by atoms with Crippen molar-refractivity contribution in [2.45, 2.75) is 58.0 Å². The molecule has 29 heavy (non-hydrogen) atoms. The lowest BCUT2D eigenvalue weighted by Gasteiger charge is -2.25. The average molecular weight is 402 g/mol. The zero-order valence-electron chi connectivity index (χ0n) is 17.4. The first-order valence-electron chi connectivity index (χ1n) is 10.5. The molecular weight excluding hydrogens is 370 g/mol. The van der Waals surface area contributed by atoms with Crippen molar-refractivity contribution >= 4 is 5.91 Å². The number of carbonyl (C=O) groups is 1. The lowest BCUT2D eigenvalue weighted by atomic mass is 10.1. The first-order valence-corrected chi connectivity index (χ1v) is 10.5. The predicted molar refractivity (Wildman–Crippen MR) is 109 cm³/mol. The molecule has 1 aliphatic heterocycles. The number of aryl methyl sites for hydroxylation is 3. The summed E-state index contributed by atoms with van der Waals surface area (Å²) in [6.45, 7) is 4.34. The summed E-state index contributed by atoms with van der Waals surface area (Å²) in [6.07, 6.45) is 5.58. The highest BCUT2D eigenvalue weighted by molar-refractivity contribution is 5.76. The largest absolute Gasteiger partial charge is 0.497 e. The maximum atomic E-state index is 12.6. The van der Waals surface area contributed by atoms with Crippen molar-refractivity contribution in [3.05, 3.63) is 41.6 Å². The van der Waals surface area contributed by atoms with Gasteiger partial charge in [0.15, 0.2) is 0 Å². The van der Waals surface area contributed by atoms with Crippen molar-refractivity contribution in [1.82, 2.24) is 15.1 Å². The van der Waals surface area contributed by atoms with Crippen molar-refractivity contribution in [1.29, 1.82) is 0 Å². The minimum absolute atomic E-state index is 0.125. The molecule has 0 unspecified atom stereocenters. The molecule has 0 aliphatic carbocycles. The van der Waals surface area contributed by atoms with Gasteiger partial charge in [0.1, 0.15) is 5.75 Å². The van der Waals surface area contributed by atoms with Gasteiger partial charge < -0.3 is 18.8 Å². The lowest BCUT2D eigenvalue weighted by Crippen LogP contribution is -2.38. The van der Waals surface area contributed by atoms with Crippen LogP contribution >= 0.6 is 0 Å². The number of ether oxygens (including phenoxy) is 2.